The first kappa shape index (κ1) is 17.1. The van der Waals surface area contributed by atoms with Crippen molar-refractivity contribution in [3.8, 4) is 11.8 Å². The van der Waals surface area contributed by atoms with Gasteiger partial charge in [-0.3, -0.25) is 4.79 Å². The number of ether oxygens (including phenoxy) is 1. The fourth-order valence-corrected chi connectivity index (χ4v) is 3.82. The number of benzene rings is 2. The maximum absolute atomic E-state index is 12.2. The molecule has 0 bridgehead atoms. The lowest BCUT2D eigenvalue weighted by atomic mass is 9.87. The van der Waals surface area contributed by atoms with Crippen LogP contribution in [0.4, 0.5) is 0 Å². The molecule has 1 N–H and O–H groups in total. The first-order valence-electron chi connectivity index (χ1n) is 7.96. The van der Waals surface area contributed by atoms with Crippen LogP contribution in [-0.2, 0) is 10.5 Å². The summed E-state index contributed by atoms with van der Waals surface area (Å²) >= 11 is 1.49. The molecule has 1 atom stereocenters. The Bertz CT molecular complexity index is 823. The van der Waals surface area contributed by atoms with Gasteiger partial charge in [0, 0.05) is 18.1 Å². The largest absolute Gasteiger partial charge is 0.497 e. The van der Waals surface area contributed by atoms with Crippen LogP contribution in [-0.4, -0.2) is 13.0 Å². The average molecular weight is 350 g/mol. The third-order valence-corrected chi connectivity index (χ3v) is 5.19. The minimum atomic E-state index is -0.220. The summed E-state index contributed by atoms with van der Waals surface area (Å²) in [7, 11) is 1.61. The molecule has 4 nitrogen and oxygen atoms in total. The minimum Gasteiger partial charge on any atom is -0.497 e. The molecule has 3 rings (SSSR count). The van der Waals surface area contributed by atoms with Gasteiger partial charge in [0.2, 0.25) is 5.91 Å². The van der Waals surface area contributed by atoms with E-state index in [0.29, 0.717) is 16.4 Å². The van der Waals surface area contributed by atoms with Crippen LogP contribution in [0.2, 0.25) is 0 Å². The van der Waals surface area contributed by atoms with E-state index in [0.717, 1.165) is 16.9 Å². The van der Waals surface area contributed by atoms with Crippen molar-refractivity contribution < 1.29 is 9.53 Å². The molecule has 0 saturated carbocycles. The number of nitriles is 1. The zero-order valence-electron chi connectivity index (χ0n) is 13.9. The van der Waals surface area contributed by atoms with Gasteiger partial charge in [-0.25, -0.2) is 0 Å². The van der Waals surface area contributed by atoms with E-state index in [9.17, 15) is 10.1 Å². The lowest BCUT2D eigenvalue weighted by molar-refractivity contribution is -0.120. The van der Waals surface area contributed by atoms with Crippen LogP contribution < -0.4 is 10.1 Å². The highest BCUT2D eigenvalue weighted by Crippen LogP contribution is 2.37. The lowest BCUT2D eigenvalue weighted by Crippen LogP contribution is -2.30. The summed E-state index contributed by atoms with van der Waals surface area (Å²) in [5, 5.41) is 13.2. The van der Waals surface area contributed by atoms with E-state index in [-0.39, 0.29) is 18.2 Å². The van der Waals surface area contributed by atoms with Gasteiger partial charge >= 0.3 is 0 Å². The molecule has 0 radical (unpaired) electrons. The molecule has 25 heavy (non-hydrogen) atoms. The number of thioether (sulfide) groups is 1. The van der Waals surface area contributed by atoms with E-state index < -0.39 is 0 Å². The van der Waals surface area contributed by atoms with Gasteiger partial charge in [0.1, 0.15) is 5.75 Å². The van der Waals surface area contributed by atoms with Crippen molar-refractivity contribution in [1.82, 2.24) is 5.32 Å². The van der Waals surface area contributed by atoms with Crippen LogP contribution in [0.1, 0.15) is 23.5 Å². The molecule has 2 aromatic carbocycles. The minimum absolute atomic E-state index is 0.0598. The predicted molar refractivity (Wildman–Crippen MR) is 98.9 cm³/mol. The predicted octanol–water partition coefficient (Wildman–Crippen LogP) is 3.97. The fourth-order valence-electron chi connectivity index (χ4n) is 2.78. The van der Waals surface area contributed by atoms with Crippen molar-refractivity contribution in [2.24, 2.45) is 0 Å². The van der Waals surface area contributed by atoms with Crippen LogP contribution in [0.15, 0.2) is 65.2 Å². The SMILES string of the molecule is COc1ccc([C@@H]2CC(=O)NC(SCc3ccccc3)=C2C#N)cc1. The van der Waals surface area contributed by atoms with Gasteiger partial charge in [0.25, 0.3) is 0 Å². The van der Waals surface area contributed by atoms with Gasteiger partial charge in [-0.15, -0.1) is 11.8 Å². The van der Waals surface area contributed by atoms with E-state index in [1.807, 2.05) is 54.6 Å². The van der Waals surface area contributed by atoms with Crippen molar-refractivity contribution in [1.29, 1.82) is 5.26 Å². The molecule has 5 heteroatoms. The first-order valence-corrected chi connectivity index (χ1v) is 8.94. The summed E-state index contributed by atoms with van der Waals surface area (Å²) in [4.78, 5) is 12.2. The Morgan fingerprint density at radius 3 is 2.56 bits per heavy atom. The van der Waals surface area contributed by atoms with E-state index in [1.54, 1.807) is 7.11 Å². The van der Waals surface area contributed by atoms with Crippen molar-refractivity contribution in [2.45, 2.75) is 18.1 Å². The maximum Gasteiger partial charge on any atom is 0.225 e. The summed E-state index contributed by atoms with van der Waals surface area (Å²) in [6.45, 7) is 0. The number of hydrogen-bond donors (Lipinski definition) is 1. The van der Waals surface area contributed by atoms with E-state index in [4.69, 9.17) is 4.74 Å². The second kappa shape index (κ2) is 7.91. The zero-order valence-corrected chi connectivity index (χ0v) is 14.7. The molecule has 1 heterocycles. The van der Waals surface area contributed by atoms with Gasteiger partial charge in [-0.2, -0.15) is 5.26 Å². The normalized spacial score (nSPS) is 17.0. The monoisotopic (exact) mass is 350 g/mol. The highest BCUT2D eigenvalue weighted by molar-refractivity contribution is 8.02. The quantitative estimate of drug-likeness (QED) is 0.886. The molecule has 0 saturated heterocycles. The smallest absolute Gasteiger partial charge is 0.225 e. The van der Waals surface area contributed by atoms with Crippen molar-refractivity contribution in [2.75, 3.05) is 7.11 Å². The summed E-state index contributed by atoms with van der Waals surface area (Å²) in [5.41, 5.74) is 2.72. The van der Waals surface area contributed by atoms with Crippen LogP contribution in [0, 0.1) is 11.3 Å². The maximum atomic E-state index is 12.2. The molecule has 0 spiro atoms. The number of methoxy groups -OCH3 is 1. The van der Waals surface area contributed by atoms with Crippen molar-refractivity contribution in [3.05, 3.63) is 76.3 Å². The number of hydrogen-bond acceptors (Lipinski definition) is 4. The third-order valence-electron chi connectivity index (χ3n) is 4.10. The molecular formula is C20H18N2O2S. The molecule has 126 valence electrons. The molecule has 0 aromatic heterocycles. The van der Waals surface area contributed by atoms with Crippen LogP contribution >= 0.6 is 11.8 Å². The van der Waals surface area contributed by atoms with E-state index in [1.165, 1.54) is 11.8 Å². The van der Waals surface area contributed by atoms with E-state index >= 15 is 0 Å². The fraction of sp³-hybridized carbons (Fsp3) is 0.200. The number of carbonyl (C=O) groups is 1. The Morgan fingerprint density at radius 2 is 1.92 bits per heavy atom. The summed E-state index contributed by atoms with van der Waals surface area (Å²) in [6.07, 6.45) is 0.282. The van der Waals surface area contributed by atoms with Crippen molar-refractivity contribution in [3.63, 3.8) is 0 Å². The number of amides is 1. The molecule has 0 fully saturated rings. The Hall–Kier alpha value is -2.71. The first-order chi connectivity index (χ1) is 12.2. The van der Waals surface area contributed by atoms with Crippen LogP contribution in [0.5, 0.6) is 5.75 Å². The average Bonchev–Trinajstić information content (AvgIpc) is 2.66. The number of allylic oxidation sites excluding steroid dienone is 1. The van der Waals surface area contributed by atoms with Gasteiger partial charge < -0.3 is 10.1 Å². The second-order valence-electron chi connectivity index (χ2n) is 5.71. The molecule has 1 aliphatic heterocycles. The van der Waals surface area contributed by atoms with E-state index in [2.05, 4.69) is 11.4 Å². The number of nitrogens with one attached hydrogen (secondary N) is 1. The van der Waals surface area contributed by atoms with Gasteiger partial charge in [0.15, 0.2) is 0 Å². The topological polar surface area (TPSA) is 62.1 Å². The summed E-state index contributed by atoms with van der Waals surface area (Å²) in [6, 6.07) is 19.8. The third kappa shape index (κ3) is 4.04. The molecule has 1 aliphatic rings. The Labute approximate surface area is 151 Å². The standard InChI is InChI=1S/C20H18N2O2S/c1-24-16-9-7-15(8-10-16)17-11-19(23)22-20(18(17)12-21)25-13-14-5-3-2-4-6-14/h2-10,17H,11,13H2,1H3,(H,22,23)/t17-/m0/s1. The summed E-state index contributed by atoms with van der Waals surface area (Å²) < 4.78 is 5.18. The highest BCUT2D eigenvalue weighted by atomic mass is 32.2. The second-order valence-corrected chi connectivity index (χ2v) is 6.69. The number of rotatable bonds is 5. The van der Waals surface area contributed by atoms with Crippen LogP contribution in [0.3, 0.4) is 0 Å². The van der Waals surface area contributed by atoms with Gasteiger partial charge in [0.05, 0.1) is 23.8 Å². The molecular weight excluding hydrogens is 332 g/mol. The van der Waals surface area contributed by atoms with Gasteiger partial charge in [-0.1, -0.05) is 42.5 Å². The zero-order chi connectivity index (χ0) is 17.6. The molecule has 2 aromatic rings. The highest BCUT2D eigenvalue weighted by Gasteiger charge is 2.29. The van der Waals surface area contributed by atoms with Crippen LogP contribution in [0.25, 0.3) is 0 Å². The molecule has 1 amide bonds. The summed E-state index contributed by atoms with van der Waals surface area (Å²) in [5.74, 6) is 1.18. The number of nitrogens with zero attached hydrogens (tertiary/aromatic N) is 1. The van der Waals surface area contributed by atoms with Crippen molar-refractivity contribution >= 4 is 17.7 Å². The lowest BCUT2D eigenvalue weighted by Gasteiger charge is -2.25. The van der Waals surface area contributed by atoms with Gasteiger partial charge in [-0.05, 0) is 23.3 Å². The Kier molecular flexibility index (Phi) is 5.42. The number of carbonyl (C=O) groups excluding carboxylic acids is 1. The Morgan fingerprint density at radius 1 is 1.20 bits per heavy atom. The Balaban J connectivity index is 1.87. The molecule has 0 unspecified atom stereocenters. The molecule has 0 aliphatic carbocycles.